The average molecular weight is 406 g/mol. The summed E-state index contributed by atoms with van der Waals surface area (Å²) in [5.74, 6) is -0.714. The third kappa shape index (κ3) is 3.83. The van der Waals surface area contributed by atoms with Crippen molar-refractivity contribution in [1.82, 2.24) is 10.0 Å². The molecular weight excluding hydrogens is 382 g/mol. The van der Waals surface area contributed by atoms with Gasteiger partial charge in [0.2, 0.25) is 10.0 Å². The molecule has 2 aromatic rings. The van der Waals surface area contributed by atoms with E-state index in [4.69, 9.17) is 0 Å². The molecule has 1 aliphatic carbocycles. The maximum Gasteiger partial charge on any atom is 0.211 e. The molecule has 0 spiro atoms. The van der Waals surface area contributed by atoms with Gasteiger partial charge in [0.1, 0.15) is 11.6 Å². The van der Waals surface area contributed by atoms with Crippen LogP contribution in [0.5, 0.6) is 0 Å². The van der Waals surface area contributed by atoms with Crippen molar-refractivity contribution in [2.75, 3.05) is 5.75 Å². The molecule has 3 fully saturated rings. The molecule has 150 valence electrons. The number of rotatable bonds is 6. The number of halogens is 2. The van der Waals surface area contributed by atoms with Crippen LogP contribution in [0.1, 0.15) is 25.3 Å². The SMILES string of the molecule is CCS(=O)(=O)NC1C2CC(C2)NC1Cc1cc(F)cc(-c2ccccc2)c1F. The van der Waals surface area contributed by atoms with E-state index in [-0.39, 0.29) is 41.3 Å². The zero-order valence-electron chi connectivity index (χ0n) is 15.7. The summed E-state index contributed by atoms with van der Waals surface area (Å²) in [5, 5.41) is 3.42. The molecule has 2 saturated heterocycles. The van der Waals surface area contributed by atoms with E-state index >= 15 is 4.39 Å². The Morgan fingerprint density at radius 2 is 1.86 bits per heavy atom. The lowest BCUT2D eigenvalue weighted by Gasteiger charge is -2.52. The van der Waals surface area contributed by atoms with E-state index in [1.807, 2.05) is 6.07 Å². The first-order valence-corrected chi connectivity index (χ1v) is 11.3. The van der Waals surface area contributed by atoms with Gasteiger partial charge in [0.15, 0.2) is 0 Å². The molecule has 2 N–H and O–H groups in total. The Labute approximate surface area is 164 Å². The highest BCUT2D eigenvalue weighted by Crippen LogP contribution is 2.38. The molecule has 2 heterocycles. The van der Waals surface area contributed by atoms with E-state index in [0.717, 1.165) is 12.8 Å². The van der Waals surface area contributed by atoms with Crippen LogP contribution in [-0.2, 0) is 16.4 Å². The average Bonchev–Trinajstić information content (AvgIpc) is 2.65. The smallest absolute Gasteiger partial charge is 0.211 e. The summed E-state index contributed by atoms with van der Waals surface area (Å²) in [4.78, 5) is 0. The summed E-state index contributed by atoms with van der Waals surface area (Å²) >= 11 is 0. The van der Waals surface area contributed by atoms with Gasteiger partial charge in [0.25, 0.3) is 0 Å². The first-order chi connectivity index (χ1) is 13.4. The number of hydrogen-bond acceptors (Lipinski definition) is 3. The van der Waals surface area contributed by atoms with Gasteiger partial charge in [0.05, 0.1) is 5.75 Å². The van der Waals surface area contributed by atoms with Gasteiger partial charge in [0, 0.05) is 23.7 Å². The molecule has 2 bridgehead atoms. The fourth-order valence-corrected chi connectivity index (χ4v) is 5.28. The zero-order chi connectivity index (χ0) is 19.9. The molecule has 5 rings (SSSR count). The summed E-state index contributed by atoms with van der Waals surface area (Å²) in [6.07, 6.45) is 2.05. The number of sulfonamides is 1. The minimum absolute atomic E-state index is 0.00114. The lowest BCUT2D eigenvalue weighted by atomic mass is 9.68. The van der Waals surface area contributed by atoms with Crippen molar-refractivity contribution in [3.8, 4) is 11.1 Å². The number of hydrogen-bond donors (Lipinski definition) is 2. The molecule has 7 heteroatoms. The summed E-state index contributed by atoms with van der Waals surface area (Å²) in [7, 11) is -3.38. The second-order valence-electron chi connectivity index (χ2n) is 7.75. The summed E-state index contributed by atoms with van der Waals surface area (Å²) in [5.41, 5.74) is 1.10. The van der Waals surface area contributed by atoms with Crippen molar-refractivity contribution >= 4 is 10.0 Å². The van der Waals surface area contributed by atoms with Crippen molar-refractivity contribution in [2.24, 2.45) is 5.92 Å². The van der Waals surface area contributed by atoms with Crippen LogP contribution < -0.4 is 10.0 Å². The first kappa shape index (κ1) is 19.5. The van der Waals surface area contributed by atoms with Gasteiger partial charge in [-0.2, -0.15) is 0 Å². The van der Waals surface area contributed by atoms with Crippen molar-refractivity contribution in [3.05, 3.63) is 59.7 Å². The zero-order valence-corrected chi connectivity index (χ0v) is 16.5. The molecule has 2 aromatic carbocycles. The molecule has 2 atom stereocenters. The van der Waals surface area contributed by atoms with Crippen LogP contribution in [-0.4, -0.2) is 32.3 Å². The highest BCUT2D eigenvalue weighted by Gasteiger charge is 2.46. The Morgan fingerprint density at radius 3 is 2.54 bits per heavy atom. The fraction of sp³-hybridized carbons (Fsp3) is 0.429. The minimum atomic E-state index is -3.38. The molecule has 2 aliphatic heterocycles. The maximum absolute atomic E-state index is 15.2. The van der Waals surface area contributed by atoms with Gasteiger partial charge < -0.3 is 5.32 Å². The van der Waals surface area contributed by atoms with Crippen LogP contribution in [0.15, 0.2) is 42.5 Å². The predicted octanol–water partition coefficient (Wildman–Crippen LogP) is 3.23. The monoisotopic (exact) mass is 406 g/mol. The third-order valence-corrected chi connectivity index (χ3v) is 7.29. The van der Waals surface area contributed by atoms with Crippen molar-refractivity contribution in [3.63, 3.8) is 0 Å². The van der Waals surface area contributed by atoms with Crippen LogP contribution in [0.3, 0.4) is 0 Å². The molecular formula is C21H24F2N2O2S. The Kier molecular flexibility index (Phi) is 5.24. The Balaban J connectivity index is 1.63. The molecule has 3 aliphatic rings. The summed E-state index contributed by atoms with van der Waals surface area (Å²) in [6.45, 7) is 1.59. The lowest BCUT2D eigenvalue weighted by molar-refractivity contribution is 0.0808. The van der Waals surface area contributed by atoms with E-state index in [1.165, 1.54) is 12.1 Å². The van der Waals surface area contributed by atoms with Gasteiger partial charge in [-0.1, -0.05) is 30.3 Å². The fourth-order valence-electron chi connectivity index (χ4n) is 4.34. The second-order valence-corrected chi connectivity index (χ2v) is 9.79. The Bertz CT molecular complexity index is 960. The number of nitrogens with one attached hydrogen (secondary N) is 2. The highest BCUT2D eigenvalue weighted by atomic mass is 32.2. The van der Waals surface area contributed by atoms with Crippen LogP contribution in [0.4, 0.5) is 8.78 Å². The molecule has 2 unspecified atom stereocenters. The van der Waals surface area contributed by atoms with Crippen molar-refractivity contribution in [1.29, 1.82) is 0 Å². The quantitative estimate of drug-likeness (QED) is 0.774. The van der Waals surface area contributed by atoms with Crippen molar-refractivity contribution in [2.45, 2.75) is 44.3 Å². The minimum Gasteiger partial charge on any atom is -0.309 e. The van der Waals surface area contributed by atoms with E-state index in [9.17, 15) is 12.8 Å². The van der Waals surface area contributed by atoms with E-state index < -0.39 is 21.7 Å². The Hall–Kier alpha value is -1.83. The van der Waals surface area contributed by atoms with Gasteiger partial charge in [-0.25, -0.2) is 21.9 Å². The first-order valence-electron chi connectivity index (χ1n) is 9.65. The lowest BCUT2D eigenvalue weighted by Crippen LogP contribution is -2.68. The molecule has 1 saturated carbocycles. The standard InChI is InChI=1S/C21H24F2N2O2S/c1-2-28(26,27)25-21-15-9-17(10-15)24-19(21)11-14-8-16(22)12-18(20(14)23)13-6-4-3-5-7-13/h3-8,12,15,17,19,21,24-25H,2,9-11H2,1H3. The normalized spacial score (nSPS) is 26.7. The topological polar surface area (TPSA) is 58.2 Å². The van der Waals surface area contributed by atoms with E-state index in [2.05, 4.69) is 10.0 Å². The van der Waals surface area contributed by atoms with E-state index in [0.29, 0.717) is 11.6 Å². The molecule has 28 heavy (non-hydrogen) atoms. The number of piperidine rings is 2. The van der Waals surface area contributed by atoms with Gasteiger partial charge in [-0.05, 0) is 55.4 Å². The predicted molar refractivity (Wildman–Crippen MR) is 105 cm³/mol. The maximum atomic E-state index is 15.2. The van der Waals surface area contributed by atoms with E-state index in [1.54, 1.807) is 31.2 Å². The second kappa shape index (κ2) is 7.54. The molecule has 0 aromatic heterocycles. The molecule has 0 amide bonds. The number of benzene rings is 2. The third-order valence-electron chi connectivity index (χ3n) is 5.90. The van der Waals surface area contributed by atoms with Gasteiger partial charge >= 0.3 is 0 Å². The molecule has 0 radical (unpaired) electrons. The van der Waals surface area contributed by atoms with Crippen molar-refractivity contribution < 1.29 is 17.2 Å². The van der Waals surface area contributed by atoms with Crippen LogP contribution >= 0.6 is 0 Å². The van der Waals surface area contributed by atoms with Crippen LogP contribution in [0, 0.1) is 17.6 Å². The summed E-state index contributed by atoms with van der Waals surface area (Å²) in [6, 6.07) is 11.0. The van der Waals surface area contributed by atoms with Crippen LogP contribution in [0.2, 0.25) is 0 Å². The van der Waals surface area contributed by atoms with Gasteiger partial charge in [-0.3, -0.25) is 0 Å². The number of fused-ring (bicyclic) bond motifs is 2. The molecule has 4 nitrogen and oxygen atoms in total. The Morgan fingerprint density at radius 1 is 1.14 bits per heavy atom. The largest absolute Gasteiger partial charge is 0.309 e. The van der Waals surface area contributed by atoms with Crippen LogP contribution in [0.25, 0.3) is 11.1 Å². The summed E-state index contributed by atoms with van der Waals surface area (Å²) < 4.78 is 56.5. The highest BCUT2D eigenvalue weighted by molar-refractivity contribution is 7.89. The van der Waals surface area contributed by atoms with Gasteiger partial charge in [-0.15, -0.1) is 0 Å².